The highest BCUT2D eigenvalue weighted by molar-refractivity contribution is 5.84. The van der Waals surface area contributed by atoms with Gasteiger partial charge in [0.25, 0.3) is 0 Å². The molecule has 0 aliphatic rings. The smallest absolute Gasteiger partial charge is 0.223 e. The van der Waals surface area contributed by atoms with Crippen molar-refractivity contribution < 1.29 is 9.18 Å². The van der Waals surface area contributed by atoms with Crippen LogP contribution in [0.3, 0.4) is 0 Å². The molecule has 0 spiro atoms. The summed E-state index contributed by atoms with van der Waals surface area (Å²) >= 11 is 0. The summed E-state index contributed by atoms with van der Waals surface area (Å²) in [4.78, 5) is 15.7. The molecule has 2 atom stereocenters. The molecule has 2 aromatic carbocycles. The molecule has 0 saturated heterocycles. The van der Waals surface area contributed by atoms with Crippen molar-refractivity contribution in [3.05, 3.63) is 71.7 Å². The van der Waals surface area contributed by atoms with Gasteiger partial charge in [0.05, 0.1) is 6.04 Å². The number of benzene rings is 2. The highest BCUT2D eigenvalue weighted by Crippen LogP contribution is 2.21. The number of hydrogen-bond acceptors (Lipinski definition) is 1. The monoisotopic (exact) mass is 324 g/mol. The zero-order valence-electron chi connectivity index (χ0n) is 13.8. The number of halogens is 1. The van der Waals surface area contributed by atoms with Crippen LogP contribution < -0.4 is 5.32 Å². The number of rotatable bonds is 5. The average Bonchev–Trinajstić information content (AvgIpc) is 2.98. The lowest BCUT2D eigenvalue weighted by Gasteiger charge is -2.18. The van der Waals surface area contributed by atoms with Gasteiger partial charge in [-0.15, -0.1) is 0 Å². The van der Waals surface area contributed by atoms with Crippen molar-refractivity contribution in [2.45, 2.75) is 26.3 Å². The van der Waals surface area contributed by atoms with E-state index in [0.29, 0.717) is 6.42 Å². The lowest BCUT2D eigenvalue weighted by Crippen LogP contribution is -2.32. The van der Waals surface area contributed by atoms with Crippen molar-refractivity contribution in [2.75, 3.05) is 0 Å². The molecule has 0 saturated carbocycles. The van der Waals surface area contributed by atoms with Crippen molar-refractivity contribution in [2.24, 2.45) is 5.92 Å². The van der Waals surface area contributed by atoms with Gasteiger partial charge in [0.2, 0.25) is 5.91 Å². The summed E-state index contributed by atoms with van der Waals surface area (Å²) in [5.74, 6) is -0.422. The molecule has 3 aromatic rings. The molecule has 0 fully saturated rings. The van der Waals surface area contributed by atoms with Gasteiger partial charge in [0, 0.05) is 23.0 Å². The van der Waals surface area contributed by atoms with Gasteiger partial charge in [-0.3, -0.25) is 4.79 Å². The Morgan fingerprint density at radius 3 is 2.58 bits per heavy atom. The summed E-state index contributed by atoms with van der Waals surface area (Å²) in [6.45, 7) is 3.83. The molecule has 1 heterocycles. The molecule has 1 aromatic heterocycles. The maximum Gasteiger partial charge on any atom is 0.223 e. The Morgan fingerprint density at radius 1 is 1.12 bits per heavy atom. The van der Waals surface area contributed by atoms with Crippen LogP contribution in [0.25, 0.3) is 10.9 Å². The van der Waals surface area contributed by atoms with Crippen molar-refractivity contribution in [3.8, 4) is 0 Å². The van der Waals surface area contributed by atoms with E-state index in [2.05, 4.69) is 16.4 Å². The molecular weight excluding hydrogens is 303 g/mol. The Bertz CT molecular complexity index is 838. The second kappa shape index (κ2) is 6.87. The van der Waals surface area contributed by atoms with E-state index in [1.165, 1.54) is 12.1 Å². The minimum Gasteiger partial charge on any atom is -0.361 e. The first-order chi connectivity index (χ1) is 11.5. The van der Waals surface area contributed by atoms with E-state index in [4.69, 9.17) is 0 Å². The van der Waals surface area contributed by atoms with Gasteiger partial charge in [0.1, 0.15) is 5.82 Å². The summed E-state index contributed by atoms with van der Waals surface area (Å²) < 4.78 is 13.0. The number of para-hydroxylation sites is 1. The standard InChI is InChI=1S/C20H21FN2O/c1-13(11-16-12-22-19-6-4-3-5-18(16)19)20(24)23-14(2)15-7-9-17(21)10-8-15/h3-10,12-14,22H,11H2,1-2H3,(H,23,24). The number of carbonyl (C=O) groups is 1. The lowest BCUT2D eigenvalue weighted by molar-refractivity contribution is -0.125. The van der Waals surface area contributed by atoms with Gasteiger partial charge in [0.15, 0.2) is 0 Å². The first-order valence-electron chi connectivity index (χ1n) is 8.15. The van der Waals surface area contributed by atoms with Crippen LogP contribution in [-0.2, 0) is 11.2 Å². The molecule has 0 bridgehead atoms. The number of amides is 1. The zero-order valence-corrected chi connectivity index (χ0v) is 13.8. The van der Waals surface area contributed by atoms with Crippen molar-refractivity contribution >= 4 is 16.8 Å². The predicted molar refractivity (Wildman–Crippen MR) is 94.1 cm³/mol. The maximum atomic E-state index is 13.0. The van der Waals surface area contributed by atoms with E-state index in [0.717, 1.165) is 22.0 Å². The number of fused-ring (bicyclic) bond motifs is 1. The second-order valence-electron chi connectivity index (χ2n) is 6.25. The Morgan fingerprint density at radius 2 is 1.83 bits per heavy atom. The van der Waals surface area contributed by atoms with Gasteiger partial charge in [-0.05, 0) is 42.7 Å². The molecule has 124 valence electrons. The molecule has 0 radical (unpaired) electrons. The van der Waals surface area contributed by atoms with E-state index >= 15 is 0 Å². The Balaban J connectivity index is 1.65. The van der Waals surface area contributed by atoms with Crippen LogP contribution in [-0.4, -0.2) is 10.9 Å². The van der Waals surface area contributed by atoms with Gasteiger partial charge >= 0.3 is 0 Å². The third-order valence-corrected chi connectivity index (χ3v) is 4.38. The van der Waals surface area contributed by atoms with Crippen LogP contribution in [0.15, 0.2) is 54.7 Å². The summed E-state index contributed by atoms with van der Waals surface area (Å²) in [6.07, 6.45) is 2.64. The van der Waals surface area contributed by atoms with Crippen LogP contribution in [0.5, 0.6) is 0 Å². The highest BCUT2D eigenvalue weighted by atomic mass is 19.1. The average molecular weight is 324 g/mol. The van der Waals surface area contributed by atoms with Crippen LogP contribution in [0.1, 0.15) is 31.0 Å². The normalized spacial score (nSPS) is 13.6. The quantitative estimate of drug-likeness (QED) is 0.719. The maximum absolute atomic E-state index is 13.0. The zero-order chi connectivity index (χ0) is 17.1. The van der Waals surface area contributed by atoms with E-state index < -0.39 is 0 Å². The highest BCUT2D eigenvalue weighted by Gasteiger charge is 2.18. The number of carbonyl (C=O) groups excluding carboxylic acids is 1. The summed E-state index contributed by atoms with van der Waals surface area (Å²) in [6, 6.07) is 14.1. The number of hydrogen-bond donors (Lipinski definition) is 2. The molecule has 0 aliphatic heterocycles. The van der Waals surface area contributed by atoms with E-state index in [1.807, 2.05) is 38.2 Å². The molecule has 4 heteroatoms. The van der Waals surface area contributed by atoms with E-state index in [-0.39, 0.29) is 23.7 Å². The fourth-order valence-electron chi connectivity index (χ4n) is 2.91. The Hall–Kier alpha value is -2.62. The van der Waals surface area contributed by atoms with Gasteiger partial charge in [-0.1, -0.05) is 37.3 Å². The van der Waals surface area contributed by atoms with Crippen LogP contribution in [0.2, 0.25) is 0 Å². The minimum absolute atomic E-state index is 0.00268. The third-order valence-electron chi connectivity index (χ3n) is 4.38. The number of H-pyrrole nitrogens is 1. The SMILES string of the molecule is CC(Cc1c[nH]c2ccccc12)C(=O)NC(C)c1ccc(F)cc1. The fourth-order valence-corrected chi connectivity index (χ4v) is 2.91. The summed E-state index contributed by atoms with van der Waals surface area (Å²) in [7, 11) is 0. The molecule has 3 nitrogen and oxygen atoms in total. The second-order valence-corrected chi connectivity index (χ2v) is 6.25. The van der Waals surface area contributed by atoms with Crippen LogP contribution in [0.4, 0.5) is 4.39 Å². The van der Waals surface area contributed by atoms with Crippen LogP contribution >= 0.6 is 0 Å². The Labute approximate surface area is 140 Å². The molecule has 24 heavy (non-hydrogen) atoms. The Kier molecular flexibility index (Phi) is 4.65. The lowest BCUT2D eigenvalue weighted by atomic mass is 9.99. The van der Waals surface area contributed by atoms with E-state index in [1.54, 1.807) is 12.1 Å². The summed E-state index contributed by atoms with van der Waals surface area (Å²) in [5.41, 5.74) is 3.12. The first-order valence-corrected chi connectivity index (χ1v) is 8.15. The molecule has 0 aliphatic carbocycles. The topological polar surface area (TPSA) is 44.9 Å². The number of aromatic nitrogens is 1. The van der Waals surface area contributed by atoms with Gasteiger partial charge in [-0.2, -0.15) is 0 Å². The number of aromatic amines is 1. The van der Waals surface area contributed by atoms with Crippen molar-refractivity contribution in [3.63, 3.8) is 0 Å². The molecule has 1 amide bonds. The predicted octanol–water partition coefficient (Wildman–Crippen LogP) is 4.36. The van der Waals surface area contributed by atoms with Gasteiger partial charge < -0.3 is 10.3 Å². The number of nitrogens with one attached hydrogen (secondary N) is 2. The molecule has 2 unspecified atom stereocenters. The van der Waals surface area contributed by atoms with Crippen molar-refractivity contribution in [1.82, 2.24) is 10.3 Å². The minimum atomic E-state index is -0.273. The largest absolute Gasteiger partial charge is 0.361 e. The molecule has 2 N–H and O–H groups in total. The van der Waals surface area contributed by atoms with Crippen LogP contribution in [0, 0.1) is 11.7 Å². The van der Waals surface area contributed by atoms with Crippen molar-refractivity contribution in [1.29, 1.82) is 0 Å². The molecular formula is C20H21FN2O. The van der Waals surface area contributed by atoms with E-state index in [9.17, 15) is 9.18 Å². The molecule has 3 rings (SSSR count). The first kappa shape index (κ1) is 16.2. The third kappa shape index (κ3) is 3.48. The van der Waals surface area contributed by atoms with Gasteiger partial charge in [-0.25, -0.2) is 4.39 Å². The fraction of sp³-hybridized carbons (Fsp3) is 0.250. The summed E-state index contributed by atoms with van der Waals surface area (Å²) in [5, 5.41) is 4.16.